The predicted octanol–water partition coefficient (Wildman–Crippen LogP) is 24.8. The van der Waals surface area contributed by atoms with Crippen LogP contribution in [0.25, 0.3) is 190 Å². The summed E-state index contributed by atoms with van der Waals surface area (Å²) in [5, 5.41) is 23.3. The van der Waals surface area contributed by atoms with Gasteiger partial charge < -0.3 is 10.0 Å². The number of hydrogen-bond acceptors (Lipinski definition) is 10. The smallest absolute Gasteiger partial charge is 0.423 e. The average Bonchev–Trinajstić information content (AvgIpc) is 0.756. The van der Waals surface area contributed by atoms with Gasteiger partial charge in [-0.3, -0.25) is 0 Å². The number of benzene rings is 14. The van der Waals surface area contributed by atoms with Crippen molar-refractivity contribution in [1.29, 1.82) is 0 Å². The number of hydrogen-bond donors (Lipinski definition) is 2. The topological polar surface area (TPSA) is 144 Å². The Hall–Kier alpha value is -14.8. The Morgan fingerprint density at radius 3 is 0.845 bits per heavy atom. The lowest BCUT2D eigenvalue weighted by Crippen LogP contribution is -2.29. The molecule has 0 unspecified atom stereocenters. The molecule has 14 aromatic carbocycles. The van der Waals surface area contributed by atoms with E-state index in [1.165, 1.54) is 16.7 Å². The fourth-order valence-electron chi connectivity index (χ4n) is 14.5. The third kappa shape index (κ3) is 15.9. The molecule has 6 aromatic heterocycles. The van der Waals surface area contributed by atoms with Gasteiger partial charge in [0.2, 0.25) is 0 Å². The number of aromatic nitrogens is 8. The summed E-state index contributed by atoms with van der Waals surface area (Å²) in [5.41, 5.74) is 27.8. The van der Waals surface area contributed by atoms with E-state index in [1.54, 1.807) is 24.3 Å². The number of rotatable bonds is 14. The summed E-state index contributed by atoms with van der Waals surface area (Å²) in [6.45, 7) is 0. The molecule has 20 aromatic rings. The molecule has 0 aliphatic carbocycles. The second-order valence-corrected chi connectivity index (χ2v) is 28.5. The average molecular weight is 1510 g/mol. The Labute approximate surface area is 677 Å². The van der Waals surface area contributed by atoms with Crippen molar-refractivity contribution < 1.29 is 10.0 Å². The first-order chi connectivity index (χ1) is 57.2. The van der Waals surface area contributed by atoms with E-state index in [0.29, 0.717) is 22.1 Å². The van der Waals surface area contributed by atoms with Gasteiger partial charge in [0.05, 0.1) is 72.6 Å². The normalized spacial score (nSPS) is 11.1. The maximum Gasteiger partial charge on any atom is 0.488 e. The highest BCUT2D eigenvalue weighted by Crippen LogP contribution is 2.40. The Morgan fingerprint density at radius 2 is 0.474 bits per heavy atom. The maximum absolute atomic E-state index is 9.30. The van der Waals surface area contributed by atoms with Gasteiger partial charge in [0.1, 0.15) is 0 Å². The van der Waals surface area contributed by atoms with Crippen LogP contribution in [0.15, 0.2) is 413 Å². The van der Waals surface area contributed by atoms with E-state index in [1.807, 2.05) is 164 Å². The number of fused-ring (bicyclic) bond motifs is 6. The van der Waals surface area contributed by atoms with Crippen LogP contribution in [0, 0.1) is 0 Å². The summed E-state index contributed by atoms with van der Waals surface area (Å²) >= 11 is 6.69. The van der Waals surface area contributed by atoms with Crippen LogP contribution < -0.4 is 5.46 Å². The van der Waals surface area contributed by atoms with Gasteiger partial charge in [-0.05, 0) is 87.4 Å². The van der Waals surface area contributed by atoms with Crippen LogP contribution in [0.2, 0.25) is 5.02 Å². The zero-order valence-corrected chi connectivity index (χ0v) is 63.4. The monoisotopic (exact) mass is 1510 g/mol. The van der Waals surface area contributed by atoms with Crippen molar-refractivity contribution in [2.75, 3.05) is 0 Å². The number of halogens is 1. The molecule has 6 heterocycles. The molecule has 0 amide bonds. The fourth-order valence-corrected chi connectivity index (χ4v) is 14.8. The summed E-state index contributed by atoms with van der Waals surface area (Å²) in [5.74, 6) is 1.27. The number of pyridine rings is 4. The van der Waals surface area contributed by atoms with Crippen LogP contribution in [0.5, 0.6) is 0 Å². The molecule has 0 atom stereocenters. The summed E-state index contributed by atoms with van der Waals surface area (Å²) in [7, 11) is -1.49. The van der Waals surface area contributed by atoms with Crippen molar-refractivity contribution in [2.24, 2.45) is 0 Å². The first-order valence-corrected chi connectivity index (χ1v) is 38.7. The van der Waals surface area contributed by atoms with Crippen LogP contribution in [0.3, 0.4) is 0 Å². The molecule has 20 rings (SSSR count). The SMILES string of the molecule is Clc1cc(-c2ccccc2)nc2c1ccc1ccc(-c3cccc(-c4ccccc4)c3)nc12.OB(O)c1ccc(-c2nc(-c3ccccc3)cc(-c3ccccc3)n2)cc1.c1ccc(-c2cccc(-c3ccc4ccc5c(-c6ccc(-c7nc(-c8ccccc8)cc(-c8ccccc8)n7)cc6)cc(-c6ccccc6)nc5c4n3)c2)cc1. The van der Waals surface area contributed by atoms with Gasteiger partial charge in [-0.2, -0.15) is 0 Å². The molecular formula is C104H70BClN8O2. The zero-order valence-electron chi connectivity index (χ0n) is 62.7. The van der Waals surface area contributed by atoms with Crippen molar-refractivity contribution in [1.82, 2.24) is 39.9 Å². The van der Waals surface area contributed by atoms with Crippen molar-refractivity contribution in [3.8, 4) is 146 Å². The van der Waals surface area contributed by atoms with E-state index in [2.05, 4.69) is 224 Å². The summed E-state index contributed by atoms with van der Waals surface area (Å²) in [6.07, 6.45) is 0. The molecule has 0 aliphatic heterocycles. The highest BCUT2D eigenvalue weighted by Gasteiger charge is 2.20. The maximum atomic E-state index is 9.30. The quantitative estimate of drug-likeness (QED) is 0.0798. The molecule has 0 saturated heterocycles. The molecule has 116 heavy (non-hydrogen) atoms. The van der Waals surface area contributed by atoms with Gasteiger partial charge >= 0.3 is 7.12 Å². The van der Waals surface area contributed by atoms with Crippen LogP contribution >= 0.6 is 11.6 Å². The highest BCUT2D eigenvalue weighted by molar-refractivity contribution is 6.58. The Kier molecular flexibility index (Phi) is 20.8. The third-order valence-corrected chi connectivity index (χ3v) is 20.9. The van der Waals surface area contributed by atoms with Gasteiger partial charge in [-0.25, -0.2) is 39.9 Å². The van der Waals surface area contributed by atoms with Crippen LogP contribution in [-0.4, -0.2) is 57.0 Å². The van der Waals surface area contributed by atoms with E-state index in [9.17, 15) is 10.0 Å². The largest absolute Gasteiger partial charge is 0.488 e. The molecule has 2 N–H and O–H groups in total. The summed E-state index contributed by atoms with van der Waals surface area (Å²) in [4.78, 5) is 40.3. The van der Waals surface area contributed by atoms with Crippen molar-refractivity contribution in [3.63, 3.8) is 0 Å². The summed E-state index contributed by atoms with van der Waals surface area (Å²) in [6, 6.07) is 140. The highest BCUT2D eigenvalue weighted by atomic mass is 35.5. The molecule has 0 saturated carbocycles. The van der Waals surface area contributed by atoms with Gasteiger partial charge in [-0.15, -0.1) is 0 Å². The third-order valence-electron chi connectivity index (χ3n) is 20.5. The standard InChI is InChI=1S/C52H34N4.C30H19ClN2.C22H17BN2O2/c1-5-14-35(15-6-1)42-22-13-23-43(32-42)46-31-29-40-28-30-44-45(33-47(37-16-7-2-8-17-37)54-51(44)50(40)53-46)36-24-26-41(27-25-36)52-55-48(38-18-9-3-10-19-38)34-49(56-52)39-20-11-4-12-21-39;31-26-19-28(21-10-5-2-6-11-21)33-30-25(26)16-14-22-15-17-27(32-29(22)30)24-13-7-12-23(18-24)20-8-3-1-4-9-20;26-23(27)19-13-11-18(12-14-19)22-24-20(16-7-3-1-4-8-16)15-21(25-22)17-9-5-2-6-10-17/h1-34H;1-19H;1-15,26-27H. The van der Waals surface area contributed by atoms with Crippen molar-refractivity contribution in [3.05, 3.63) is 418 Å². The molecule has 0 aliphatic rings. The second-order valence-electron chi connectivity index (χ2n) is 28.1. The van der Waals surface area contributed by atoms with E-state index < -0.39 is 7.12 Å². The van der Waals surface area contributed by atoms with E-state index >= 15 is 0 Å². The fraction of sp³-hybridized carbons (Fsp3) is 0. The van der Waals surface area contributed by atoms with Crippen molar-refractivity contribution >= 4 is 67.8 Å². The lowest BCUT2D eigenvalue weighted by Gasteiger charge is -2.14. The molecule has 0 fully saturated rings. The Morgan fingerprint density at radius 1 is 0.190 bits per heavy atom. The minimum Gasteiger partial charge on any atom is -0.423 e. The minimum absolute atomic E-state index is 0.432. The Bertz CT molecular complexity index is 6770. The molecule has 548 valence electrons. The van der Waals surface area contributed by atoms with Crippen LogP contribution in [0.1, 0.15) is 0 Å². The van der Waals surface area contributed by atoms with Gasteiger partial charge in [0.25, 0.3) is 0 Å². The first-order valence-electron chi connectivity index (χ1n) is 38.3. The molecule has 0 radical (unpaired) electrons. The van der Waals surface area contributed by atoms with Gasteiger partial charge in [0, 0.05) is 77.2 Å². The van der Waals surface area contributed by atoms with Gasteiger partial charge in [-0.1, -0.05) is 376 Å². The summed E-state index contributed by atoms with van der Waals surface area (Å²) < 4.78 is 0. The predicted molar refractivity (Wildman–Crippen MR) is 477 cm³/mol. The molecule has 12 heteroatoms. The number of nitrogens with zero attached hydrogens (tertiary/aromatic N) is 8. The van der Waals surface area contributed by atoms with E-state index in [4.69, 9.17) is 51.5 Å². The Balaban J connectivity index is 0.000000131. The molecule has 0 bridgehead atoms. The lowest BCUT2D eigenvalue weighted by molar-refractivity contribution is 0.426. The van der Waals surface area contributed by atoms with Gasteiger partial charge in [0.15, 0.2) is 11.6 Å². The minimum atomic E-state index is -1.49. The zero-order chi connectivity index (χ0) is 78.1. The lowest BCUT2D eigenvalue weighted by atomic mass is 9.80. The van der Waals surface area contributed by atoms with Crippen LogP contribution in [-0.2, 0) is 0 Å². The van der Waals surface area contributed by atoms with Crippen LogP contribution in [0.4, 0.5) is 0 Å². The van der Waals surface area contributed by atoms with E-state index in [-0.39, 0.29) is 0 Å². The van der Waals surface area contributed by atoms with E-state index in [0.717, 1.165) is 161 Å². The van der Waals surface area contributed by atoms with Crippen molar-refractivity contribution in [2.45, 2.75) is 0 Å². The molecule has 10 nitrogen and oxygen atoms in total. The molecule has 0 spiro atoms. The molecular weight excluding hydrogens is 1440 g/mol. The second kappa shape index (κ2) is 33.2. The first kappa shape index (κ1) is 72.7.